The van der Waals surface area contributed by atoms with Gasteiger partial charge in [0.25, 0.3) is 5.91 Å². The molecule has 7 heteroatoms. The van der Waals surface area contributed by atoms with Gasteiger partial charge in [-0.2, -0.15) is 0 Å². The van der Waals surface area contributed by atoms with Gasteiger partial charge >= 0.3 is 0 Å². The fourth-order valence-corrected chi connectivity index (χ4v) is 2.40. The molecule has 1 saturated heterocycles. The molecule has 4 N–H and O–H groups in total. The van der Waals surface area contributed by atoms with Gasteiger partial charge in [0.2, 0.25) is 0 Å². The Hall–Kier alpha value is -2.28. The summed E-state index contributed by atoms with van der Waals surface area (Å²) in [6, 6.07) is 4.96. The van der Waals surface area contributed by atoms with Crippen LogP contribution in [0.1, 0.15) is 15.9 Å². The lowest BCUT2D eigenvalue weighted by molar-refractivity contribution is 0.0652. The third kappa shape index (κ3) is 3.43. The third-order valence-electron chi connectivity index (χ3n) is 3.71. The maximum atomic E-state index is 12.5. The van der Waals surface area contributed by atoms with Crippen molar-refractivity contribution in [2.45, 2.75) is 6.92 Å². The zero-order valence-corrected chi connectivity index (χ0v) is 12.0. The quantitative estimate of drug-likeness (QED) is 0.320. The van der Waals surface area contributed by atoms with Crippen molar-refractivity contribution in [3.05, 3.63) is 29.3 Å². The molecule has 7 nitrogen and oxygen atoms in total. The lowest BCUT2D eigenvalue weighted by Gasteiger charge is -2.34. The predicted octanol–water partition coefficient (Wildman–Crippen LogP) is 0.205. The van der Waals surface area contributed by atoms with Crippen LogP contribution in [0.3, 0.4) is 0 Å². The van der Waals surface area contributed by atoms with Crippen molar-refractivity contribution in [2.24, 2.45) is 10.9 Å². The molecular formula is C14H20N4O3. The minimum Gasteiger partial charge on any atom is -0.508 e. The minimum absolute atomic E-state index is 0.0770. The normalized spacial score (nSPS) is 17.0. The van der Waals surface area contributed by atoms with E-state index in [2.05, 4.69) is 5.16 Å². The van der Waals surface area contributed by atoms with Crippen molar-refractivity contribution >= 4 is 11.7 Å². The maximum Gasteiger partial charge on any atom is 0.254 e. The second-order valence-corrected chi connectivity index (χ2v) is 5.11. The van der Waals surface area contributed by atoms with Crippen LogP contribution in [0, 0.1) is 6.92 Å². The number of benzene rings is 1. The number of hydrogen-bond acceptors (Lipinski definition) is 5. The van der Waals surface area contributed by atoms with E-state index in [4.69, 9.17) is 10.9 Å². The fourth-order valence-electron chi connectivity index (χ4n) is 2.40. The summed E-state index contributed by atoms with van der Waals surface area (Å²) in [7, 11) is 0. The van der Waals surface area contributed by atoms with E-state index in [9.17, 15) is 9.90 Å². The standard InChI is InChI=1S/C14H20N4O3/c1-10-11(3-2-4-12(10)19)14(20)18-7-5-17(6-8-18)9-13(15)16-21/h2-4,19,21H,5-9H2,1H3,(H2,15,16). The number of oxime groups is 1. The summed E-state index contributed by atoms with van der Waals surface area (Å²) in [5, 5.41) is 21.2. The number of rotatable bonds is 3. The van der Waals surface area contributed by atoms with Gasteiger partial charge in [-0.3, -0.25) is 9.69 Å². The van der Waals surface area contributed by atoms with Crippen LogP contribution in [0.2, 0.25) is 0 Å². The van der Waals surface area contributed by atoms with Crippen molar-refractivity contribution in [1.82, 2.24) is 9.80 Å². The molecule has 0 aliphatic carbocycles. The second kappa shape index (κ2) is 6.45. The van der Waals surface area contributed by atoms with Crippen molar-refractivity contribution in [3.8, 4) is 5.75 Å². The van der Waals surface area contributed by atoms with Crippen molar-refractivity contribution in [1.29, 1.82) is 0 Å². The number of hydrogen-bond donors (Lipinski definition) is 3. The molecule has 0 unspecified atom stereocenters. The van der Waals surface area contributed by atoms with Gasteiger partial charge in [-0.25, -0.2) is 0 Å². The summed E-state index contributed by atoms with van der Waals surface area (Å²) in [6.07, 6.45) is 0. The Bertz CT molecular complexity index is 551. The van der Waals surface area contributed by atoms with Gasteiger partial charge in [0.1, 0.15) is 5.75 Å². The molecule has 21 heavy (non-hydrogen) atoms. The number of carbonyl (C=O) groups is 1. The van der Waals surface area contributed by atoms with Crippen LogP contribution < -0.4 is 5.73 Å². The smallest absolute Gasteiger partial charge is 0.254 e. The Kier molecular flexibility index (Phi) is 4.64. The molecule has 0 radical (unpaired) electrons. The van der Waals surface area contributed by atoms with Gasteiger partial charge in [0.15, 0.2) is 5.84 Å². The topological polar surface area (TPSA) is 102 Å². The minimum atomic E-state index is -0.0770. The molecule has 1 amide bonds. The molecule has 0 bridgehead atoms. The SMILES string of the molecule is Cc1c(O)cccc1C(=O)N1CCN(C/C(N)=N/O)CC1. The first-order valence-corrected chi connectivity index (χ1v) is 6.79. The Morgan fingerprint density at radius 1 is 1.33 bits per heavy atom. The molecule has 1 aliphatic rings. The molecular weight excluding hydrogens is 272 g/mol. The Balaban J connectivity index is 1.99. The summed E-state index contributed by atoms with van der Waals surface area (Å²) in [4.78, 5) is 16.2. The predicted molar refractivity (Wildman–Crippen MR) is 78.6 cm³/mol. The zero-order valence-electron chi connectivity index (χ0n) is 12.0. The van der Waals surface area contributed by atoms with Crippen LogP contribution in [-0.4, -0.2) is 64.6 Å². The van der Waals surface area contributed by atoms with Gasteiger partial charge in [0.05, 0.1) is 6.54 Å². The molecule has 0 atom stereocenters. The summed E-state index contributed by atoms with van der Waals surface area (Å²) >= 11 is 0. The number of aromatic hydroxyl groups is 1. The number of amides is 1. The highest BCUT2D eigenvalue weighted by molar-refractivity contribution is 5.96. The van der Waals surface area contributed by atoms with Crippen molar-refractivity contribution in [2.75, 3.05) is 32.7 Å². The number of phenolic OH excluding ortho intramolecular Hbond substituents is 1. The Labute approximate surface area is 123 Å². The number of phenols is 1. The average Bonchev–Trinajstić information content (AvgIpc) is 2.50. The molecule has 1 aromatic rings. The van der Waals surface area contributed by atoms with E-state index < -0.39 is 0 Å². The first-order chi connectivity index (χ1) is 10.0. The van der Waals surface area contributed by atoms with E-state index in [0.717, 1.165) is 0 Å². The lowest BCUT2D eigenvalue weighted by atomic mass is 10.1. The highest BCUT2D eigenvalue weighted by atomic mass is 16.4. The van der Waals surface area contributed by atoms with E-state index in [-0.39, 0.29) is 17.5 Å². The summed E-state index contributed by atoms with van der Waals surface area (Å²) in [6.45, 7) is 4.61. The number of piperazine rings is 1. The Morgan fingerprint density at radius 2 is 2.00 bits per heavy atom. The molecule has 2 rings (SSSR count). The van der Waals surface area contributed by atoms with Crippen LogP contribution in [0.5, 0.6) is 5.75 Å². The summed E-state index contributed by atoms with van der Waals surface area (Å²) in [5.41, 5.74) is 6.60. The van der Waals surface area contributed by atoms with Crippen LogP contribution in [0.15, 0.2) is 23.4 Å². The maximum absolute atomic E-state index is 12.5. The molecule has 0 spiro atoms. The first kappa shape index (κ1) is 15.1. The van der Waals surface area contributed by atoms with E-state index in [0.29, 0.717) is 43.9 Å². The number of amidine groups is 1. The fraction of sp³-hybridized carbons (Fsp3) is 0.429. The molecule has 0 saturated carbocycles. The highest BCUT2D eigenvalue weighted by Crippen LogP contribution is 2.21. The third-order valence-corrected chi connectivity index (χ3v) is 3.71. The van der Waals surface area contributed by atoms with Crippen LogP contribution in [-0.2, 0) is 0 Å². The zero-order chi connectivity index (χ0) is 15.4. The molecule has 1 heterocycles. The Morgan fingerprint density at radius 3 is 2.62 bits per heavy atom. The molecule has 1 aliphatic heterocycles. The highest BCUT2D eigenvalue weighted by Gasteiger charge is 2.24. The van der Waals surface area contributed by atoms with Gasteiger partial charge in [-0.1, -0.05) is 11.2 Å². The van der Waals surface area contributed by atoms with E-state index >= 15 is 0 Å². The van der Waals surface area contributed by atoms with E-state index in [1.807, 2.05) is 4.90 Å². The monoisotopic (exact) mass is 292 g/mol. The molecule has 0 aromatic heterocycles. The van der Waals surface area contributed by atoms with Gasteiger partial charge < -0.3 is 20.9 Å². The van der Waals surface area contributed by atoms with Crippen LogP contribution in [0.25, 0.3) is 0 Å². The van der Waals surface area contributed by atoms with Gasteiger partial charge in [-0.05, 0) is 19.1 Å². The van der Waals surface area contributed by atoms with Crippen LogP contribution in [0.4, 0.5) is 0 Å². The number of nitrogens with two attached hydrogens (primary N) is 1. The van der Waals surface area contributed by atoms with Crippen molar-refractivity contribution < 1.29 is 15.1 Å². The van der Waals surface area contributed by atoms with Gasteiger partial charge in [0, 0.05) is 37.3 Å². The lowest BCUT2D eigenvalue weighted by Crippen LogP contribution is -2.50. The number of carbonyl (C=O) groups excluding carboxylic acids is 1. The summed E-state index contributed by atoms with van der Waals surface area (Å²) < 4.78 is 0. The average molecular weight is 292 g/mol. The van der Waals surface area contributed by atoms with E-state index in [1.165, 1.54) is 0 Å². The summed E-state index contributed by atoms with van der Waals surface area (Å²) in [5.74, 6) is 0.219. The largest absolute Gasteiger partial charge is 0.508 e. The number of nitrogens with zero attached hydrogens (tertiary/aromatic N) is 3. The second-order valence-electron chi connectivity index (χ2n) is 5.11. The van der Waals surface area contributed by atoms with Gasteiger partial charge in [-0.15, -0.1) is 0 Å². The van der Waals surface area contributed by atoms with Crippen molar-refractivity contribution in [3.63, 3.8) is 0 Å². The molecule has 1 fully saturated rings. The first-order valence-electron chi connectivity index (χ1n) is 6.79. The molecule has 1 aromatic carbocycles. The van der Waals surface area contributed by atoms with E-state index in [1.54, 1.807) is 30.0 Å². The molecule has 114 valence electrons. The van der Waals surface area contributed by atoms with Crippen LogP contribution >= 0.6 is 0 Å².